The number of carbonyl (C=O) groups is 2. The molecule has 5 heteroatoms. The van der Waals surface area contributed by atoms with E-state index in [1.54, 1.807) is 20.8 Å². The van der Waals surface area contributed by atoms with Crippen molar-refractivity contribution in [3.8, 4) is 0 Å². The lowest BCUT2D eigenvalue weighted by atomic mass is 9.98. The zero-order valence-electron chi connectivity index (χ0n) is 11.8. The predicted molar refractivity (Wildman–Crippen MR) is 68.9 cm³/mol. The maximum atomic E-state index is 11.7. The van der Waals surface area contributed by atoms with Crippen molar-refractivity contribution in [1.29, 1.82) is 0 Å². The van der Waals surface area contributed by atoms with Gasteiger partial charge in [0, 0.05) is 0 Å². The Kier molecular flexibility index (Phi) is 7.59. The summed E-state index contributed by atoms with van der Waals surface area (Å²) in [7, 11) is 1.33. The molecule has 2 N–H and O–H groups in total. The van der Waals surface area contributed by atoms with Crippen LogP contribution in [0.25, 0.3) is 0 Å². The summed E-state index contributed by atoms with van der Waals surface area (Å²) in [6, 6.07) is 0. The third-order valence-electron chi connectivity index (χ3n) is 2.37. The molecule has 0 rings (SSSR count). The summed E-state index contributed by atoms with van der Waals surface area (Å²) in [5.74, 6) is -1.17. The zero-order valence-corrected chi connectivity index (χ0v) is 11.8. The van der Waals surface area contributed by atoms with E-state index in [9.17, 15) is 9.59 Å². The number of methoxy groups -OCH3 is 1. The zero-order chi connectivity index (χ0) is 14.2. The summed E-state index contributed by atoms with van der Waals surface area (Å²) in [5, 5.41) is 0. The molecule has 0 heterocycles. The highest BCUT2D eigenvalue weighted by Gasteiger charge is 2.25. The SMILES string of the molecule is COC(=O)[C@H](CCCCN)CC(=O)OC(C)(C)C. The van der Waals surface area contributed by atoms with Gasteiger partial charge in [-0.2, -0.15) is 0 Å². The molecule has 0 aromatic carbocycles. The predicted octanol–water partition coefficient (Wildman–Crippen LogP) is 1.64. The number of hydrogen-bond acceptors (Lipinski definition) is 5. The van der Waals surface area contributed by atoms with Gasteiger partial charge in [0.15, 0.2) is 0 Å². The van der Waals surface area contributed by atoms with Crippen LogP contribution in [0, 0.1) is 5.92 Å². The molecule has 0 bridgehead atoms. The second-order valence-electron chi connectivity index (χ2n) is 5.30. The van der Waals surface area contributed by atoms with Crippen LogP contribution in [0.3, 0.4) is 0 Å². The minimum absolute atomic E-state index is 0.0640. The van der Waals surface area contributed by atoms with Gasteiger partial charge in [-0.3, -0.25) is 9.59 Å². The topological polar surface area (TPSA) is 78.6 Å². The number of nitrogens with two attached hydrogens (primary N) is 1. The molecule has 0 aliphatic carbocycles. The van der Waals surface area contributed by atoms with Crippen molar-refractivity contribution in [2.75, 3.05) is 13.7 Å². The van der Waals surface area contributed by atoms with E-state index < -0.39 is 11.5 Å². The van der Waals surface area contributed by atoms with Crippen molar-refractivity contribution in [3.05, 3.63) is 0 Å². The van der Waals surface area contributed by atoms with Crippen molar-refractivity contribution in [2.24, 2.45) is 11.7 Å². The molecule has 0 unspecified atom stereocenters. The fraction of sp³-hybridized carbons (Fsp3) is 0.846. The Morgan fingerprint density at radius 3 is 2.28 bits per heavy atom. The Bertz CT molecular complexity index is 271. The van der Waals surface area contributed by atoms with Crippen LogP contribution in [-0.4, -0.2) is 31.2 Å². The molecule has 0 fully saturated rings. The normalized spacial score (nSPS) is 12.9. The van der Waals surface area contributed by atoms with E-state index in [-0.39, 0.29) is 18.4 Å². The van der Waals surface area contributed by atoms with Crippen LogP contribution in [0.2, 0.25) is 0 Å². The Labute approximate surface area is 109 Å². The molecule has 0 spiro atoms. The third-order valence-corrected chi connectivity index (χ3v) is 2.37. The second kappa shape index (κ2) is 8.08. The molecule has 0 aliphatic heterocycles. The van der Waals surface area contributed by atoms with Crippen molar-refractivity contribution in [2.45, 2.75) is 52.1 Å². The Hall–Kier alpha value is -1.10. The first kappa shape index (κ1) is 16.9. The highest BCUT2D eigenvalue weighted by molar-refractivity contribution is 5.80. The Morgan fingerprint density at radius 1 is 1.22 bits per heavy atom. The highest BCUT2D eigenvalue weighted by atomic mass is 16.6. The smallest absolute Gasteiger partial charge is 0.309 e. The van der Waals surface area contributed by atoms with E-state index in [1.165, 1.54) is 7.11 Å². The highest BCUT2D eigenvalue weighted by Crippen LogP contribution is 2.17. The Morgan fingerprint density at radius 2 is 1.83 bits per heavy atom. The number of hydrogen-bond donors (Lipinski definition) is 1. The van der Waals surface area contributed by atoms with Gasteiger partial charge in [-0.25, -0.2) is 0 Å². The Balaban J connectivity index is 4.31. The molecule has 106 valence electrons. The fourth-order valence-corrected chi connectivity index (χ4v) is 1.59. The number of ether oxygens (including phenoxy) is 2. The largest absolute Gasteiger partial charge is 0.469 e. The van der Waals surface area contributed by atoms with Gasteiger partial charge in [-0.05, 0) is 40.2 Å². The minimum Gasteiger partial charge on any atom is -0.469 e. The molecular weight excluding hydrogens is 234 g/mol. The molecular formula is C13H25NO4. The average molecular weight is 259 g/mol. The van der Waals surface area contributed by atoms with Crippen molar-refractivity contribution in [3.63, 3.8) is 0 Å². The third kappa shape index (κ3) is 8.06. The monoisotopic (exact) mass is 259 g/mol. The minimum atomic E-state index is -0.533. The van der Waals surface area contributed by atoms with Crippen LogP contribution >= 0.6 is 0 Å². The first-order chi connectivity index (χ1) is 8.30. The van der Waals surface area contributed by atoms with E-state index in [0.717, 1.165) is 12.8 Å². The second-order valence-corrected chi connectivity index (χ2v) is 5.30. The molecule has 0 radical (unpaired) electrons. The van der Waals surface area contributed by atoms with Gasteiger partial charge in [0.2, 0.25) is 0 Å². The van der Waals surface area contributed by atoms with Crippen LogP contribution in [0.5, 0.6) is 0 Å². The molecule has 0 amide bonds. The van der Waals surface area contributed by atoms with Gasteiger partial charge in [-0.1, -0.05) is 6.42 Å². The molecule has 0 saturated carbocycles. The summed E-state index contributed by atoms with van der Waals surface area (Å²) in [6.07, 6.45) is 2.30. The summed E-state index contributed by atoms with van der Waals surface area (Å²) in [6.45, 7) is 5.98. The maximum Gasteiger partial charge on any atom is 0.309 e. The van der Waals surface area contributed by atoms with Gasteiger partial charge >= 0.3 is 11.9 Å². The summed E-state index contributed by atoms with van der Waals surface area (Å²) < 4.78 is 9.89. The van der Waals surface area contributed by atoms with Gasteiger partial charge in [-0.15, -0.1) is 0 Å². The van der Waals surface area contributed by atoms with Crippen LogP contribution in [0.1, 0.15) is 46.5 Å². The maximum absolute atomic E-state index is 11.7. The lowest BCUT2D eigenvalue weighted by molar-refractivity contribution is -0.160. The molecule has 1 atom stereocenters. The molecule has 0 aromatic rings. The first-order valence-corrected chi connectivity index (χ1v) is 6.30. The van der Waals surface area contributed by atoms with Crippen LogP contribution in [-0.2, 0) is 19.1 Å². The number of carbonyl (C=O) groups excluding carboxylic acids is 2. The molecule has 0 aromatic heterocycles. The van der Waals surface area contributed by atoms with Crippen molar-refractivity contribution < 1.29 is 19.1 Å². The number of unbranched alkanes of at least 4 members (excludes halogenated alkanes) is 1. The van der Waals surface area contributed by atoms with E-state index in [0.29, 0.717) is 13.0 Å². The van der Waals surface area contributed by atoms with E-state index in [1.807, 2.05) is 0 Å². The molecule has 18 heavy (non-hydrogen) atoms. The summed E-state index contributed by atoms with van der Waals surface area (Å²) >= 11 is 0. The van der Waals surface area contributed by atoms with Crippen LogP contribution in [0.4, 0.5) is 0 Å². The number of esters is 2. The standard InChI is InChI=1S/C13H25NO4/c1-13(2,3)18-11(15)9-10(12(16)17-4)7-5-6-8-14/h10H,5-9,14H2,1-4H3/t10-/m1/s1. The molecule has 0 aliphatic rings. The van der Waals surface area contributed by atoms with Crippen LogP contribution < -0.4 is 5.73 Å². The quantitative estimate of drug-likeness (QED) is 0.555. The van der Waals surface area contributed by atoms with Crippen LogP contribution in [0.15, 0.2) is 0 Å². The average Bonchev–Trinajstić information content (AvgIpc) is 2.24. The lowest BCUT2D eigenvalue weighted by Crippen LogP contribution is -2.27. The molecule has 5 nitrogen and oxygen atoms in total. The summed E-state index contributed by atoms with van der Waals surface area (Å²) in [4.78, 5) is 23.2. The molecule has 0 saturated heterocycles. The fourth-order valence-electron chi connectivity index (χ4n) is 1.59. The van der Waals surface area contributed by atoms with Crippen molar-refractivity contribution >= 4 is 11.9 Å². The van der Waals surface area contributed by atoms with Crippen molar-refractivity contribution in [1.82, 2.24) is 0 Å². The van der Waals surface area contributed by atoms with E-state index in [2.05, 4.69) is 0 Å². The van der Waals surface area contributed by atoms with Gasteiger partial charge in [0.05, 0.1) is 19.4 Å². The van der Waals surface area contributed by atoms with Gasteiger partial charge in [0.25, 0.3) is 0 Å². The lowest BCUT2D eigenvalue weighted by Gasteiger charge is -2.21. The summed E-state index contributed by atoms with van der Waals surface area (Å²) in [5.41, 5.74) is 4.87. The van der Waals surface area contributed by atoms with Gasteiger partial charge < -0.3 is 15.2 Å². The van der Waals surface area contributed by atoms with Gasteiger partial charge in [0.1, 0.15) is 5.60 Å². The number of rotatable bonds is 7. The van der Waals surface area contributed by atoms with E-state index >= 15 is 0 Å². The van der Waals surface area contributed by atoms with E-state index in [4.69, 9.17) is 15.2 Å². The first-order valence-electron chi connectivity index (χ1n) is 6.30.